The zero-order chi connectivity index (χ0) is 21.8. The summed E-state index contributed by atoms with van der Waals surface area (Å²) >= 11 is 6.12. The Labute approximate surface area is 188 Å². The number of anilines is 2. The highest BCUT2D eigenvalue weighted by atomic mass is 35.5. The maximum absolute atomic E-state index is 12.9. The van der Waals surface area contributed by atoms with Crippen LogP contribution in [-0.2, 0) is 16.1 Å². The molecule has 0 spiro atoms. The molecule has 1 unspecified atom stereocenters. The third-order valence-electron chi connectivity index (χ3n) is 6.19. The number of nitrogens with zero attached hydrogens (tertiary/aromatic N) is 1. The van der Waals surface area contributed by atoms with Gasteiger partial charge in [-0.25, -0.2) is 0 Å². The summed E-state index contributed by atoms with van der Waals surface area (Å²) in [6.45, 7) is 2.14. The molecule has 2 aromatic rings. The van der Waals surface area contributed by atoms with E-state index in [1.807, 2.05) is 42.5 Å². The smallest absolute Gasteiger partial charge is 0.268 e. The molecule has 0 saturated heterocycles. The van der Waals surface area contributed by atoms with Crippen LogP contribution in [0.4, 0.5) is 11.4 Å². The van der Waals surface area contributed by atoms with Gasteiger partial charge in [0, 0.05) is 17.1 Å². The van der Waals surface area contributed by atoms with E-state index in [0.717, 1.165) is 12.0 Å². The van der Waals surface area contributed by atoms with Crippen LogP contribution in [0.25, 0.3) is 0 Å². The van der Waals surface area contributed by atoms with Crippen LogP contribution in [0, 0.1) is 5.92 Å². The summed E-state index contributed by atoms with van der Waals surface area (Å²) in [7, 11) is 0. The molecule has 164 valence electrons. The summed E-state index contributed by atoms with van der Waals surface area (Å²) in [5, 5.41) is 3.63. The summed E-state index contributed by atoms with van der Waals surface area (Å²) in [4.78, 5) is 27.1. The van der Waals surface area contributed by atoms with Gasteiger partial charge in [-0.3, -0.25) is 9.59 Å². The van der Waals surface area contributed by atoms with Gasteiger partial charge in [0.15, 0.2) is 6.10 Å². The Bertz CT molecular complexity index is 956. The van der Waals surface area contributed by atoms with E-state index in [1.54, 1.807) is 11.8 Å². The Hall–Kier alpha value is -2.53. The maximum atomic E-state index is 12.9. The minimum absolute atomic E-state index is 0.0170. The molecule has 1 fully saturated rings. The van der Waals surface area contributed by atoms with Crippen molar-refractivity contribution in [2.75, 3.05) is 10.2 Å². The summed E-state index contributed by atoms with van der Waals surface area (Å²) in [6, 6.07) is 12.9. The Morgan fingerprint density at radius 3 is 2.74 bits per heavy atom. The third-order valence-corrected chi connectivity index (χ3v) is 6.42. The molecule has 0 bridgehead atoms. The largest absolute Gasteiger partial charge is 0.479 e. The van der Waals surface area contributed by atoms with Crippen molar-refractivity contribution in [3.8, 4) is 5.75 Å². The third kappa shape index (κ3) is 5.40. The van der Waals surface area contributed by atoms with E-state index in [4.69, 9.17) is 16.3 Å². The van der Waals surface area contributed by atoms with Crippen LogP contribution in [0.5, 0.6) is 5.75 Å². The highest BCUT2D eigenvalue weighted by molar-refractivity contribution is 6.30. The Morgan fingerprint density at radius 1 is 1.16 bits per heavy atom. The molecule has 0 aromatic heterocycles. The predicted octanol–water partition coefficient (Wildman–Crippen LogP) is 5.95. The molecule has 4 rings (SSSR count). The molecule has 5 nitrogen and oxygen atoms in total. The first-order valence-corrected chi connectivity index (χ1v) is 11.5. The van der Waals surface area contributed by atoms with Crippen molar-refractivity contribution < 1.29 is 14.3 Å². The van der Waals surface area contributed by atoms with Crippen LogP contribution in [-0.4, -0.2) is 17.9 Å². The van der Waals surface area contributed by atoms with Crippen LogP contribution in [0.1, 0.15) is 57.4 Å². The fourth-order valence-corrected chi connectivity index (χ4v) is 4.71. The molecule has 6 heteroatoms. The normalized spacial score (nSPS) is 19.0. The van der Waals surface area contributed by atoms with E-state index < -0.39 is 6.10 Å². The van der Waals surface area contributed by atoms with Crippen LogP contribution >= 0.6 is 11.6 Å². The average Bonchev–Trinajstić information content (AvgIpc) is 2.77. The number of carbonyl (C=O) groups excluding carboxylic acids is 2. The summed E-state index contributed by atoms with van der Waals surface area (Å²) < 4.78 is 5.79. The van der Waals surface area contributed by atoms with E-state index >= 15 is 0 Å². The first kappa shape index (κ1) is 21.7. The molecule has 2 aromatic carbocycles. The highest BCUT2D eigenvalue weighted by Crippen LogP contribution is 2.37. The van der Waals surface area contributed by atoms with Crippen molar-refractivity contribution in [2.24, 2.45) is 5.92 Å². The number of nitrogens with one attached hydrogen (secondary N) is 1. The SMILES string of the molecule is CC1Oc2ccc(NC(=O)CCC3CCCCC3)cc2N(Cc2cccc(Cl)c2)C1=O. The quantitative estimate of drug-likeness (QED) is 0.603. The predicted molar refractivity (Wildman–Crippen MR) is 124 cm³/mol. The second-order valence-corrected chi connectivity index (χ2v) is 9.02. The van der Waals surface area contributed by atoms with Gasteiger partial charge in [-0.15, -0.1) is 0 Å². The molecule has 31 heavy (non-hydrogen) atoms. The zero-order valence-electron chi connectivity index (χ0n) is 17.9. The van der Waals surface area contributed by atoms with Crippen LogP contribution in [0.15, 0.2) is 42.5 Å². The zero-order valence-corrected chi connectivity index (χ0v) is 18.7. The van der Waals surface area contributed by atoms with E-state index in [0.29, 0.717) is 41.0 Å². The molecule has 0 radical (unpaired) electrons. The molecular weight excluding hydrogens is 412 g/mol. The molecule has 2 amide bonds. The monoisotopic (exact) mass is 440 g/mol. The number of halogens is 1. The molecule has 1 atom stereocenters. The number of fused-ring (bicyclic) bond motifs is 1. The molecule has 2 aliphatic rings. The lowest BCUT2D eigenvalue weighted by atomic mass is 9.86. The van der Waals surface area contributed by atoms with Crippen molar-refractivity contribution in [1.82, 2.24) is 0 Å². The Morgan fingerprint density at radius 2 is 1.97 bits per heavy atom. The van der Waals surface area contributed by atoms with Crippen molar-refractivity contribution in [3.63, 3.8) is 0 Å². The summed E-state index contributed by atoms with van der Waals surface area (Å²) in [6.07, 6.45) is 7.27. The topological polar surface area (TPSA) is 58.6 Å². The number of carbonyl (C=O) groups is 2. The number of ether oxygens (including phenoxy) is 1. The van der Waals surface area contributed by atoms with Crippen molar-refractivity contribution in [1.29, 1.82) is 0 Å². The lowest BCUT2D eigenvalue weighted by Crippen LogP contribution is -2.44. The number of rotatable bonds is 6. The number of benzene rings is 2. The van der Waals surface area contributed by atoms with Gasteiger partial charge < -0.3 is 15.0 Å². The summed E-state index contributed by atoms with van der Waals surface area (Å²) in [5.74, 6) is 1.20. The fourth-order valence-electron chi connectivity index (χ4n) is 4.50. The van der Waals surface area contributed by atoms with Gasteiger partial charge in [-0.05, 0) is 55.2 Å². The number of hydrogen-bond acceptors (Lipinski definition) is 3. The van der Waals surface area contributed by atoms with Gasteiger partial charge in [-0.1, -0.05) is 55.8 Å². The van der Waals surface area contributed by atoms with Gasteiger partial charge in [0.2, 0.25) is 5.91 Å². The van der Waals surface area contributed by atoms with E-state index in [2.05, 4.69) is 5.32 Å². The first-order chi connectivity index (χ1) is 15.0. The Balaban J connectivity index is 1.47. The highest BCUT2D eigenvalue weighted by Gasteiger charge is 2.32. The average molecular weight is 441 g/mol. The van der Waals surface area contributed by atoms with Crippen LogP contribution < -0.4 is 15.0 Å². The van der Waals surface area contributed by atoms with Crippen LogP contribution in [0.3, 0.4) is 0 Å². The van der Waals surface area contributed by atoms with Gasteiger partial charge in [0.05, 0.1) is 12.2 Å². The van der Waals surface area contributed by atoms with Crippen LogP contribution in [0.2, 0.25) is 5.02 Å². The minimum Gasteiger partial charge on any atom is -0.479 e. The Kier molecular flexibility index (Phi) is 6.81. The van der Waals surface area contributed by atoms with Gasteiger partial charge in [-0.2, -0.15) is 0 Å². The fraction of sp³-hybridized carbons (Fsp3) is 0.440. The van der Waals surface area contributed by atoms with E-state index in [1.165, 1.54) is 32.1 Å². The maximum Gasteiger partial charge on any atom is 0.268 e. The van der Waals surface area contributed by atoms with Gasteiger partial charge >= 0.3 is 0 Å². The molecule has 1 heterocycles. The summed E-state index contributed by atoms with van der Waals surface area (Å²) in [5.41, 5.74) is 2.27. The van der Waals surface area contributed by atoms with Gasteiger partial charge in [0.25, 0.3) is 5.91 Å². The molecule has 1 N–H and O–H groups in total. The van der Waals surface area contributed by atoms with Crippen molar-refractivity contribution in [2.45, 2.75) is 64.5 Å². The lowest BCUT2D eigenvalue weighted by Gasteiger charge is -2.33. The standard InChI is InChI=1S/C25H29ClN2O3/c1-17-25(30)28(16-19-8-5-9-20(26)14-19)22-15-21(11-12-23(22)31-17)27-24(29)13-10-18-6-3-2-4-7-18/h5,8-9,11-12,14-15,17-18H,2-4,6-7,10,13,16H2,1H3,(H,27,29). The second kappa shape index (κ2) is 9.73. The lowest BCUT2D eigenvalue weighted by molar-refractivity contribution is -0.125. The van der Waals surface area contributed by atoms with Gasteiger partial charge in [0.1, 0.15) is 5.75 Å². The van der Waals surface area contributed by atoms with E-state index in [9.17, 15) is 9.59 Å². The number of amides is 2. The minimum atomic E-state index is -0.567. The first-order valence-electron chi connectivity index (χ1n) is 11.2. The van der Waals surface area contributed by atoms with Crippen molar-refractivity contribution >= 4 is 34.8 Å². The van der Waals surface area contributed by atoms with Crippen molar-refractivity contribution in [3.05, 3.63) is 53.1 Å². The number of hydrogen-bond donors (Lipinski definition) is 1. The molecule has 1 aliphatic heterocycles. The van der Waals surface area contributed by atoms with E-state index in [-0.39, 0.29) is 11.8 Å². The second-order valence-electron chi connectivity index (χ2n) is 8.59. The molecular formula is C25H29ClN2O3. The molecule has 1 aliphatic carbocycles. The molecule has 1 saturated carbocycles.